The van der Waals surface area contributed by atoms with Crippen molar-refractivity contribution in [3.8, 4) is 0 Å². The molecule has 0 spiro atoms. The first-order valence-corrected chi connectivity index (χ1v) is 7.19. The Hall–Kier alpha value is -1.62. The number of thioether (sulfide) groups is 1. The van der Waals surface area contributed by atoms with Gasteiger partial charge in [-0.1, -0.05) is 18.2 Å². The van der Waals surface area contributed by atoms with Crippen molar-refractivity contribution in [3.63, 3.8) is 0 Å². The number of aliphatic hydroxyl groups excluding tert-OH is 1. The monoisotopic (exact) mass is 279 g/mol. The van der Waals surface area contributed by atoms with Crippen LogP contribution in [0.5, 0.6) is 0 Å². The van der Waals surface area contributed by atoms with Gasteiger partial charge in [-0.25, -0.2) is 4.68 Å². The lowest BCUT2D eigenvalue weighted by Gasteiger charge is -2.19. The lowest BCUT2D eigenvalue weighted by atomic mass is 10.1. The number of nitrogens with two attached hydrogens (primary N) is 1. The summed E-state index contributed by atoms with van der Waals surface area (Å²) in [7, 11) is 0. The molecular weight excluding hydrogens is 258 g/mol. The van der Waals surface area contributed by atoms with E-state index in [0.717, 1.165) is 12.0 Å². The van der Waals surface area contributed by atoms with Crippen LogP contribution in [0.1, 0.15) is 25.6 Å². The molecular formula is C14H21N3OS. The Kier molecular flexibility index (Phi) is 5.30. The molecule has 1 unspecified atom stereocenters. The summed E-state index contributed by atoms with van der Waals surface area (Å²) in [6, 6.07) is 1.76. The molecule has 0 amide bonds. The fourth-order valence-electron chi connectivity index (χ4n) is 1.53. The van der Waals surface area contributed by atoms with E-state index in [2.05, 4.69) is 25.5 Å². The van der Waals surface area contributed by atoms with Gasteiger partial charge in [-0.05, 0) is 26.2 Å². The molecule has 0 aliphatic heterocycles. The minimum atomic E-state index is -0.136. The summed E-state index contributed by atoms with van der Waals surface area (Å²) < 4.78 is 1.64. The van der Waals surface area contributed by atoms with Crippen molar-refractivity contribution < 1.29 is 5.11 Å². The van der Waals surface area contributed by atoms with Gasteiger partial charge in [0.15, 0.2) is 0 Å². The summed E-state index contributed by atoms with van der Waals surface area (Å²) in [6.07, 6.45) is 9.90. The molecule has 1 heterocycles. The second-order valence-electron chi connectivity index (χ2n) is 4.57. The number of hydrogen-bond donors (Lipinski definition) is 2. The van der Waals surface area contributed by atoms with Gasteiger partial charge in [0, 0.05) is 6.07 Å². The zero-order valence-electron chi connectivity index (χ0n) is 11.6. The third kappa shape index (κ3) is 3.67. The summed E-state index contributed by atoms with van der Waals surface area (Å²) in [5.74, 6) is 0.597. The van der Waals surface area contributed by atoms with Crippen molar-refractivity contribution >= 4 is 17.6 Å². The second-order valence-corrected chi connectivity index (χ2v) is 6.00. The summed E-state index contributed by atoms with van der Waals surface area (Å²) in [4.78, 5) is 0. The fraction of sp³-hybridized carbons (Fsp3) is 0.357. The van der Waals surface area contributed by atoms with Crippen LogP contribution in [-0.2, 0) is 4.75 Å². The molecule has 0 fully saturated rings. The summed E-state index contributed by atoms with van der Waals surface area (Å²) >= 11 is 1.72. The zero-order chi connectivity index (χ0) is 14.5. The summed E-state index contributed by atoms with van der Waals surface area (Å²) in [5, 5.41) is 13.2. The van der Waals surface area contributed by atoms with Crippen molar-refractivity contribution in [2.75, 3.05) is 12.0 Å². The number of nitrogens with zero attached hydrogens (tertiary/aromatic N) is 2. The van der Waals surface area contributed by atoms with Crippen molar-refractivity contribution in [2.45, 2.75) is 24.6 Å². The van der Waals surface area contributed by atoms with Crippen molar-refractivity contribution in [1.29, 1.82) is 0 Å². The Morgan fingerprint density at radius 3 is 2.74 bits per heavy atom. The SMILES string of the molecule is C=CC(C=C/C=C/O)n1nc(C(C)(C)SC)cc1N. The van der Waals surface area contributed by atoms with E-state index in [1.54, 1.807) is 28.6 Å². The highest BCUT2D eigenvalue weighted by atomic mass is 32.2. The van der Waals surface area contributed by atoms with Crippen LogP contribution in [0.25, 0.3) is 0 Å². The first kappa shape index (κ1) is 15.4. The number of anilines is 1. The van der Waals surface area contributed by atoms with Crippen LogP contribution >= 0.6 is 11.8 Å². The van der Waals surface area contributed by atoms with E-state index in [4.69, 9.17) is 10.8 Å². The molecule has 0 bridgehead atoms. The maximum absolute atomic E-state index is 8.61. The number of aliphatic hydroxyl groups is 1. The van der Waals surface area contributed by atoms with Gasteiger partial charge in [-0.2, -0.15) is 16.9 Å². The van der Waals surface area contributed by atoms with E-state index in [-0.39, 0.29) is 10.8 Å². The highest BCUT2D eigenvalue weighted by molar-refractivity contribution is 7.99. The van der Waals surface area contributed by atoms with Gasteiger partial charge in [0.2, 0.25) is 0 Å². The number of nitrogen functional groups attached to an aromatic ring is 1. The van der Waals surface area contributed by atoms with Crippen LogP contribution in [0.4, 0.5) is 5.82 Å². The van der Waals surface area contributed by atoms with E-state index in [9.17, 15) is 0 Å². The molecule has 0 aliphatic rings. The van der Waals surface area contributed by atoms with Crippen LogP contribution in [0.15, 0.2) is 43.2 Å². The molecule has 3 N–H and O–H groups in total. The Morgan fingerprint density at radius 1 is 1.53 bits per heavy atom. The molecule has 0 saturated carbocycles. The maximum Gasteiger partial charge on any atom is 0.123 e. The number of rotatable bonds is 6. The average Bonchev–Trinajstić information content (AvgIpc) is 2.78. The van der Waals surface area contributed by atoms with E-state index in [1.165, 1.54) is 6.08 Å². The highest BCUT2D eigenvalue weighted by Gasteiger charge is 2.24. The fourth-order valence-corrected chi connectivity index (χ4v) is 1.84. The lowest BCUT2D eigenvalue weighted by Crippen LogP contribution is -2.14. The van der Waals surface area contributed by atoms with Crippen LogP contribution in [0.3, 0.4) is 0 Å². The summed E-state index contributed by atoms with van der Waals surface area (Å²) in [6.45, 7) is 8.01. The molecule has 0 radical (unpaired) electrons. The topological polar surface area (TPSA) is 64.1 Å². The van der Waals surface area contributed by atoms with Crippen LogP contribution in [0, 0.1) is 0 Å². The van der Waals surface area contributed by atoms with Gasteiger partial charge >= 0.3 is 0 Å². The first-order chi connectivity index (χ1) is 8.96. The molecule has 0 aliphatic carbocycles. The standard InChI is InChI=1S/C14H21N3OS/c1-5-11(8-6-7-9-18)17-13(15)10-12(16-17)14(2,3)19-4/h5-11,18H,1,15H2,2-4H3/b8-6?,9-7+. The largest absolute Gasteiger partial charge is 0.516 e. The predicted octanol–water partition coefficient (Wildman–Crippen LogP) is 3.42. The molecule has 19 heavy (non-hydrogen) atoms. The normalized spacial score (nSPS) is 14.3. The first-order valence-electron chi connectivity index (χ1n) is 5.97. The lowest BCUT2D eigenvalue weighted by molar-refractivity contribution is 0.473. The van der Waals surface area contributed by atoms with E-state index in [1.807, 2.05) is 18.4 Å². The van der Waals surface area contributed by atoms with Gasteiger partial charge in [0.1, 0.15) is 5.82 Å². The van der Waals surface area contributed by atoms with E-state index in [0.29, 0.717) is 5.82 Å². The van der Waals surface area contributed by atoms with Crippen LogP contribution in [0.2, 0.25) is 0 Å². The molecule has 1 aromatic rings. The molecule has 0 aromatic carbocycles. The van der Waals surface area contributed by atoms with E-state index < -0.39 is 0 Å². The van der Waals surface area contributed by atoms with Crippen LogP contribution in [-0.4, -0.2) is 21.1 Å². The van der Waals surface area contributed by atoms with Crippen molar-refractivity contribution in [2.24, 2.45) is 0 Å². The number of allylic oxidation sites excluding steroid dienone is 4. The predicted molar refractivity (Wildman–Crippen MR) is 83.3 cm³/mol. The Balaban J connectivity index is 3.09. The van der Waals surface area contributed by atoms with Crippen molar-refractivity contribution in [3.05, 3.63) is 48.9 Å². The molecule has 5 heteroatoms. The Labute approximate surface area is 118 Å². The Morgan fingerprint density at radius 2 is 2.21 bits per heavy atom. The smallest absolute Gasteiger partial charge is 0.123 e. The van der Waals surface area contributed by atoms with Crippen LogP contribution < -0.4 is 5.73 Å². The average molecular weight is 279 g/mol. The molecule has 1 atom stereocenters. The minimum Gasteiger partial charge on any atom is -0.516 e. The maximum atomic E-state index is 8.61. The molecule has 1 rings (SSSR count). The van der Waals surface area contributed by atoms with Crippen molar-refractivity contribution in [1.82, 2.24) is 9.78 Å². The van der Waals surface area contributed by atoms with Gasteiger partial charge in [0.25, 0.3) is 0 Å². The van der Waals surface area contributed by atoms with Gasteiger partial charge in [-0.15, -0.1) is 6.58 Å². The Bertz CT molecular complexity index is 489. The second kappa shape index (κ2) is 6.52. The quantitative estimate of drug-likeness (QED) is 0.476. The van der Waals surface area contributed by atoms with E-state index >= 15 is 0 Å². The summed E-state index contributed by atoms with van der Waals surface area (Å²) in [5.41, 5.74) is 6.96. The van der Waals surface area contributed by atoms with Gasteiger partial charge in [0.05, 0.1) is 22.7 Å². The third-order valence-corrected chi connectivity index (χ3v) is 4.15. The van der Waals surface area contributed by atoms with Gasteiger partial charge in [-0.3, -0.25) is 0 Å². The highest BCUT2D eigenvalue weighted by Crippen LogP contribution is 2.34. The minimum absolute atomic E-state index is 0.0835. The third-order valence-electron chi connectivity index (χ3n) is 2.92. The molecule has 0 saturated heterocycles. The molecule has 1 aromatic heterocycles. The molecule has 104 valence electrons. The number of hydrogen-bond acceptors (Lipinski definition) is 4. The number of aromatic nitrogens is 2. The van der Waals surface area contributed by atoms with Gasteiger partial charge < -0.3 is 10.8 Å². The zero-order valence-corrected chi connectivity index (χ0v) is 12.4. The molecule has 4 nitrogen and oxygen atoms in total.